The summed E-state index contributed by atoms with van der Waals surface area (Å²) in [6.07, 6.45) is -0.896. The van der Waals surface area contributed by atoms with Crippen LogP contribution in [0.15, 0.2) is 28.8 Å². The molecule has 0 aliphatic carbocycles. The quantitative estimate of drug-likeness (QED) is 0.420. The lowest BCUT2D eigenvalue weighted by molar-refractivity contribution is -0.124. The lowest BCUT2D eigenvalue weighted by Gasteiger charge is -2.16. The Hall–Kier alpha value is -2.79. The number of thiophene rings is 1. The van der Waals surface area contributed by atoms with Crippen LogP contribution >= 0.6 is 11.3 Å². The van der Waals surface area contributed by atoms with Crippen LogP contribution in [0, 0.1) is 13.8 Å². The van der Waals surface area contributed by atoms with Gasteiger partial charge in [-0.1, -0.05) is 5.16 Å². The summed E-state index contributed by atoms with van der Waals surface area (Å²) in [4.78, 5) is 19.9. The molecule has 0 spiro atoms. The van der Waals surface area contributed by atoms with Crippen molar-refractivity contribution < 1.29 is 24.3 Å². The Kier molecular flexibility index (Phi) is 7.97. The fourth-order valence-corrected chi connectivity index (χ4v) is 4.21. The molecule has 0 bridgehead atoms. The average Bonchev–Trinajstić information content (AvgIpc) is 3.40. The van der Waals surface area contributed by atoms with Gasteiger partial charge in [0.25, 0.3) is 5.89 Å². The summed E-state index contributed by atoms with van der Waals surface area (Å²) in [5.41, 5.74) is 2.54. The molecule has 9 nitrogen and oxygen atoms in total. The highest BCUT2D eigenvalue weighted by Crippen LogP contribution is 2.32. The monoisotopic (exact) mass is 460 g/mol. The third-order valence-corrected chi connectivity index (χ3v) is 5.65. The standard InChI is InChI=1S/C22H28N4O5S/c1-13-7-15(8-14(2)20(13)30-12-16(28)9-23-19(29)11-27)21-24-22(31-25-21)18-6-5-17(32-18)10-26(3)4/h5-8,16,27-28H,9-12H2,1-4H3,(H,23,29)/t16-/m0/s1. The number of carbonyl (C=O) groups excluding carboxylic acids is 1. The molecular formula is C22H28N4O5S. The number of carbonyl (C=O) groups is 1. The van der Waals surface area contributed by atoms with Gasteiger partial charge in [0.1, 0.15) is 25.1 Å². The van der Waals surface area contributed by atoms with Crippen LogP contribution < -0.4 is 10.1 Å². The highest BCUT2D eigenvalue weighted by molar-refractivity contribution is 7.15. The minimum atomic E-state index is -0.896. The molecule has 0 saturated heterocycles. The van der Waals surface area contributed by atoms with Crippen LogP contribution in [0.4, 0.5) is 0 Å². The number of ether oxygens (including phenoxy) is 1. The Balaban J connectivity index is 1.68. The van der Waals surface area contributed by atoms with Crippen molar-refractivity contribution in [2.45, 2.75) is 26.5 Å². The predicted molar refractivity (Wildman–Crippen MR) is 122 cm³/mol. The molecule has 0 aliphatic rings. The Labute approximate surface area is 190 Å². The van der Waals surface area contributed by atoms with Gasteiger partial charge in [0.05, 0.1) is 4.88 Å². The molecule has 10 heteroatoms. The van der Waals surface area contributed by atoms with E-state index < -0.39 is 18.6 Å². The lowest BCUT2D eigenvalue weighted by Crippen LogP contribution is -2.36. The number of aromatic nitrogens is 2. The zero-order valence-electron chi connectivity index (χ0n) is 18.6. The summed E-state index contributed by atoms with van der Waals surface area (Å²) in [5, 5.41) is 25.2. The maximum Gasteiger partial charge on any atom is 0.268 e. The second-order valence-electron chi connectivity index (χ2n) is 7.79. The number of aliphatic hydroxyl groups excluding tert-OH is 2. The van der Waals surface area contributed by atoms with E-state index in [-0.39, 0.29) is 13.2 Å². The molecule has 1 atom stereocenters. The van der Waals surface area contributed by atoms with Gasteiger partial charge < -0.3 is 29.7 Å². The molecule has 32 heavy (non-hydrogen) atoms. The number of hydrogen-bond donors (Lipinski definition) is 3. The van der Waals surface area contributed by atoms with Crippen LogP contribution in [-0.4, -0.2) is 71.1 Å². The molecule has 2 heterocycles. The molecule has 0 unspecified atom stereocenters. The molecule has 3 N–H and O–H groups in total. The minimum Gasteiger partial charge on any atom is -0.490 e. The molecule has 0 radical (unpaired) electrons. The first-order valence-corrected chi connectivity index (χ1v) is 11.0. The van der Waals surface area contributed by atoms with E-state index in [0.29, 0.717) is 17.5 Å². The van der Waals surface area contributed by atoms with E-state index in [0.717, 1.165) is 28.1 Å². The van der Waals surface area contributed by atoms with Crippen LogP contribution in [0.5, 0.6) is 5.75 Å². The zero-order valence-corrected chi connectivity index (χ0v) is 19.4. The highest BCUT2D eigenvalue weighted by Gasteiger charge is 2.16. The van der Waals surface area contributed by atoms with E-state index in [1.807, 2.05) is 46.1 Å². The Bertz CT molecular complexity index is 1040. The molecule has 0 aliphatic heterocycles. The SMILES string of the molecule is Cc1cc(-c2noc(-c3ccc(CN(C)C)s3)n2)cc(C)c1OC[C@@H](O)CNC(=O)CO. The van der Waals surface area contributed by atoms with Crippen molar-refractivity contribution in [1.29, 1.82) is 0 Å². The van der Waals surface area contributed by atoms with E-state index in [1.165, 1.54) is 4.88 Å². The summed E-state index contributed by atoms with van der Waals surface area (Å²) >= 11 is 1.63. The molecule has 0 saturated carbocycles. The molecule has 1 amide bonds. The van der Waals surface area contributed by atoms with Crippen LogP contribution in [0.25, 0.3) is 22.2 Å². The van der Waals surface area contributed by atoms with E-state index in [2.05, 4.69) is 26.4 Å². The first kappa shape index (κ1) is 23.9. The van der Waals surface area contributed by atoms with Crippen LogP contribution in [0.2, 0.25) is 0 Å². The second kappa shape index (κ2) is 10.7. The summed E-state index contributed by atoms with van der Waals surface area (Å²) in [6, 6.07) is 7.86. The van der Waals surface area contributed by atoms with Crippen molar-refractivity contribution in [3.05, 3.63) is 40.3 Å². The Morgan fingerprint density at radius 1 is 1.28 bits per heavy atom. The predicted octanol–water partition coefficient (Wildman–Crippen LogP) is 1.99. The Morgan fingerprint density at radius 3 is 2.66 bits per heavy atom. The number of hydrogen-bond acceptors (Lipinski definition) is 9. The molecular weight excluding hydrogens is 432 g/mol. The third kappa shape index (κ3) is 6.13. The van der Waals surface area contributed by atoms with Crippen molar-refractivity contribution in [1.82, 2.24) is 20.4 Å². The number of amides is 1. The number of nitrogens with zero attached hydrogens (tertiary/aromatic N) is 3. The van der Waals surface area contributed by atoms with Crippen molar-refractivity contribution >= 4 is 17.2 Å². The van der Waals surface area contributed by atoms with Crippen LogP contribution in [0.1, 0.15) is 16.0 Å². The van der Waals surface area contributed by atoms with Crippen molar-refractivity contribution in [2.24, 2.45) is 0 Å². The van der Waals surface area contributed by atoms with E-state index in [1.54, 1.807) is 11.3 Å². The average molecular weight is 461 g/mol. The normalized spacial score (nSPS) is 12.2. The second-order valence-corrected chi connectivity index (χ2v) is 8.96. The van der Waals surface area contributed by atoms with Gasteiger partial charge in [-0.2, -0.15) is 4.98 Å². The van der Waals surface area contributed by atoms with Crippen LogP contribution in [0.3, 0.4) is 0 Å². The van der Waals surface area contributed by atoms with E-state index in [9.17, 15) is 9.90 Å². The molecule has 2 aromatic heterocycles. The largest absolute Gasteiger partial charge is 0.490 e. The third-order valence-electron chi connectivity index (χ3n) is 4.59. The van der Waals surface area contributed by atoms with Gasteiger partial charge in [0.15, 0.2) is 0 Å². The fraction of sp³-hybridized carbons (Fsp3) is 0.409. The Morgan fingerprint density at radius 2 is 2.00 bits per heavy atom. The van der Waals surface area contributed by atoms with E-state index >= 15 is 0 Å². The maximum atomic E-state index is 11.1. The van der Waals surface area contributed by atoms with E-state index in [4.69, 9.17) is 14.4 Å². The van der Waals surface area contributed by atoms with Crippen molar-refractivity contribution in [3.8, 4) is 27.9 Å². The van der Waals surface area contributed by atoms with Gasteiger partial charge in [0, 0.05) is 23.5 Å². The topological polar surface area (TPSA) is 121 Å². The van der Waals surface area contributed by atoms with Gasteiger partial charge >= 0.3 is 0 Å². The van der Waals surface area contributed by atoms with Gasteiger partial charge in [-0.3, -0.25) is 4.79 Å². The van der Waals surface area contributed by atoms with Gasteiger partial charge in [-0.15, -0.1) is 11.3 Å². The van der Waals surface area contributed by atoms with Gasteiger partial charge in [-0.25, -0.2) is 0 Å². The number of rotatable bonds is 10. The van der Waals surface area contributed by atoms with Crippen molar-refractivity contribution in [3.63, 3.8) is 0 Å². The van der Waals surface area contributed by atoms with Crippen molar-refractivity contribution in [2.75, 3.05) is 33.9 Å². The number of nitrogens with one attached hydrogen (secondary N) is 1. The smallest absolute Gasteiger partial charge is 0.268 e. The minimum absolute atomic E-state index is 0.000185. The molecule has 3 aromatic rings. The number of aryl methyl sites for hydroxylation is 2. The first-order valence-electron chi connectivity index (χ1n) is 10.1. The molecule has 0 fully saturated rings. The molecule has 172 valence electrons. The van der Waals surface area contributed by atoms with Gasteiger partial charge in [-0.05, 0) is 63.3 Å². The lowest BCUT2D eigenvalue weighted by atomic mass is 10.1. The fourth-order valence-electron chi connectivity index (χ4n) is 3.16. The summed E-state index contributed by atoms with van der Waals surface area (Å²) in [6.45, 7) is 4.05. The first-order chi connectivity index (χ1) is 15.3. The summed E-state index contributed by atoms with van der Waals surface area (Å²) < 4.78 is 11.3. The summed E-state index contributed by atoms with van der Waals surface area (Å²) in [5.74, 6) is 1.08. The highest BCUT2D eigenvalue weighted by atomic mass is 32.1. The molecule has 1 aromatic carbocycles. The number of aliphatic hydroxyl groups is 2. The van der Waals surface area contributed by atoms with Crippen LogP contribution in [-0.2, 0) is 11.3 Å². The number of benzene rings is 1. The summed E-state index contributed by atoms with van der Waals surface area (Å²) in [7, 11) is 4.05. The zero-order chi connectivity index (χ0) is 23.3. The maximum absolute atomic E-state index is 11.1. The molecule has 3 rings (SSSR count). The van der Waals surface area contributed by atoms with Gasteiger partial charge in [0.2, 0.25) is 11.7 Å².